The first kappa shape index (κ1) is 35.8. The number of benzene rings is 2. The Bertz CT molecular complexity index is 1110. The molecule has 0 aliphatic rings. The molecule has 0 saturated heterocycles. The fourth-order valence-electron chi connectivity index (χ4n) is 5.25. The number of hydrogen-bond acceptors (Lipinski definition) is 5. The summed E-state index contributed by atoms with van der Waals surface area (Å²) in [7, 11) is 3.59. The number of hydrogen-bond donors (Lipinski definition) is 2. The number of Topliss-reactive ketones (excluding diaryl/α,β-unsaturated/α-hetero) is 1. The molecule has 0 radical (unpaired) electrons. The molecule has 0 atom stereocenters. The van der Waals surface area contributed by atoms with E-state index in [4.69, 9.17) is 4.74 Å². The number of carbonyl (C=O) groups is 3. The molecule has 2 aromatic rings. The molecule has 43 heavy (non-hydrogen) atoms. The largest absolute Gasteiger partial charge is 0.493 e. The van der Waals surface area contributed by atoms with Crippen molar-refractivity contribution < 1.29 is 24.2 Å². The van der Waals surface area contributed by atoms with Crippen LogP contribution in [0.4, 0.5) is 11.4 Å². The molecule has 0 unspecified atom stereocenters. The minimum absolute atomic E-state index is 0.0556. The van der Waals surface area contributed by atoms with Crippen molar-refractivity contribution in [2.24, 2.45) is 0 Å². The van der Waals surface area contributed by atoms with Crippen LogP contribution < -0.4 is 15.0 Å². The van der Waals surface area contributed by atoms with Gasteiger partial charge in [-0.1, -0.05) is 115 Å². The van der Waals surface area contributed by atoms with Gasteiger partial charge in [-0.2, -0.15) is 0 Å². The van der Waals surface area contributed by atoms with Gasteiger partial charge in [-0.3, -0.25) is 9.59 Å². The minimum Gasteiger partial charge on any atom is -0.493 e. The maximum absolute atomic E-state index is 13.0. The van der Waals surface area contributed by atoms with Crippen LogP contribution >= 0.6 is 0 Å². The number of nitrogens with zero attached hydrogens (tertiary/aromatic N) is 1. The first-order valence-corrected chi connectivity index (χ1v) is 16.4. The van der Waals surface area contributed by atoms with Crippen molar-refractivity contribution in [1.29, 1.82) is 0 Å². The van der Waals surface area contributed by atoms with Gasteiger partial charge in [-0.05, 0) is 36.8 Å². The molecule has 7 heteroatoms. The Balaban J connectivity index is 1.64. The predicted octanol–water partition coefficient (Wildman–Crippen LogP) is 9.30. The van der Waals surface area contributed by atoms with Crippen molar-refractivity contribution in [2.75, 3.05) is 30.9 Å². The summed E-state index contributed by atoms with van der Waals surface area (Å²) in [6, 6.07) is 11.5. The van der Waals surface area contributed by atoms with Crippen LogP contribution in [0, 0.1) is 0 Å². The van der Waals surface area contributed by atoms with Gasteiger partial charge in [0.05, 0.1) is 35.5 Å². The van der Waals surface area contributed by atoms with E-state index in [0.29, 0.717) is 29.3 Å². The molecule has 238 valence electrons. The molecule has 0 saturated carbocycles. The summed E-state index contributed by atoms with van der Waals surface area (Å²) < 4.78 is 5.95. The average molecular weight is 595 g/mol. The van der Waals surface area contributed by atoms with Crippen molar-refractivity contribution in [2.45, 2.75) is 116 Å². The first-order valence-electron chi connectivity index (χ1n) is 16.4. The van der Waals surface area contributed by atoms with E-state index < -0.39 is 11.9 Å². The van der Waals surface area contributed by atoms with E-state index in [1.54, 1.807) is 43.3 Å². The number of para-hydroxylation sites is 1. The number of carboxylic acid groups (broad SMARTS) is 1. The number of rotatable bonds is 24. The second-order valence-electron chi connectivity index (χ2n) is 11.7. The van der Waals surface area contributed by atoms with Crippen LogP contribution in [-0.2, 0) is 4.79 Å². The standard InChI is InChI=1S/C36H54N2O5/c1-4-5-6-7-8-9-10-11-12-13-14-15-16-17-18-21-26-43-34-23-20-19-22-30(34)33(39)28-35(40)37-31-27-29(36(41)42)24-25-32(31)38(2)3/h19-20,22-25,27H,4-18,21,26,28H2,1-3H3,(H,37,40)(H,41,42). The van der Waals surface area contributed by atoms with Gasteiger partial charge in [0.15, 0.2) is 5.78 Å². The number of ether oxygens (including phenoxy) is 1. The molecule has 0 bridgehead atoms. The van der Waals surface area contributed by atoms with Gasteiger partial charge in [0.1, 0.15) is 5.75 Å². The second-order valence-corrected chi connectivity index (χ2v) is 11.7. The summed E-state index contributed by atoms with van der Waals surface area (Å²) in [6.07, 6.45) is 20.6. The number of ketones is 1. The number of amides is 1. The number of carbonyl (C=O) groups excluding carboxylic acids is 2. The molecule has 2 aromatic carbocycles. The van der Waals surface area contributed by atoms with E-state index in [9.17, 15) is 19.5 Å². The van der Waals surface area contributed by atoms with Crippen molar-refractivity contribution in [1.82, 2.24) is 0 Å². The number of unbranched alkanes of at least 4 members (excludes halogenated alkanes) is 15. The highest BCUT2D eigenvalue weighted by Crippen LogP contribution is 2.27. The van der Waals surface area contributed by atoms with Crippen LogP contribution in [0.2, 0.25) is 0 Å². The van der Waals surface area contributed by atoms with Crippen LogP contribution in [0.25, 0.3) is 0 Å². The molecular weight excluding hydrogens is 540 g/mol. The van der Waals surface area contributed by atoms with Gasteiger partial charge >= 0.3 is 5.97 Å². The molecule has 7 nitrogen and oxygen atoms in total. The third-order valence-corrected chi connectivity index (χ3v) is 7.76. The number of nitrogens with one attached hydrogen (secondary N) is 1. The molecule has 1 amide bonds. The molecule has 2 rings (SSSR count). The normalized spacial score (nSPS) is 10.9. The van der Waals surface area contributed by atoms with Crippen LogP contribution in [0.1, 0.15) is 137 Å². The van der Waals surface area contributed by atoms with Crippen LogP contribution in [-0.4, -0.2) is 43.5 Å². The molecule has 0 spiro atoms. The lowest BCUT2D eigenvalue weighted by Crippen LogP contribution is -2.20. The highest BCUT2D eigenvalue weighted by molar-refractivity contribution is 6.13. The van der Waals surface area contributed by atoms with Crippen molar-refractivity contribution >= 4 is 29.0 Å². The minimum atomic E-state index is -1.09. The molecule has 2 N–H and O–H groups in total. The van der Waals surface area contributed by atoms with E-state index in [1.807, 2.05) is 6.07 Å². The SMILES string of the molecule is CCCCCCCCCCCCCCCCCCOc1ccccc1C(=O)CC(=O)Nc1cc(C(=O)O)ccc1N(C)C. The predicted molar refractivity (Wildman–Crippen MR) is 177 cm³/mol. The van der Waals surface area contributed by atoms with Gasteiger partial charge in [0, 0.05) is 14.1 Å². The zero-order valence-electron chi connectivity index (χ0n) is 26.8. The lowest BCUT2D eigenvalue weighted by atomic mass is 10.0. The van der Waals surface area contributed by atoms with Gasteiger partial charge in [-0.25, -0.2) is 4.79 Å². The first-order chi connectivity index (χ1) is 20.8. The van der Waals surface area contributed by atoms with Crippen molar-refractivity contribution in [3.05, 3.63) is 53.6 Å². The van der Waals surface area contributed by atoms with Crippen molar-refractivity contribution in [3.63, 3.8) is 0 Å². The summed E-state index contributed by atoms with van der Waals surface area (Å²) in [6.45, 7) is 2.80. The monoisotopic (exact) mass is 594 g/mol. The van der Waals surface area contributed by atoms with Crippen LogP contribution in [0.5, 0.6) is 5.75 Å². The highest BCUT2D eigenvalue weighted by atomic mass is 16.5. The fraction of sp³-hybridized carbons (Fsp3) is 0.583. The number of anilines is 2. The van der Waals surface area contributed by atoms with Gasteiger partial charge in [0.2, 0.25) is 5.91 Å². The van der Waals surface area contributed by atoms with Crippen molar-refractivity contribution in [3.8, 4) is 5.75 Å². The summed E-state index contributed by atoms with van der Waals surface area (Å²) in [5, 5.41) is 12.0. The maximum Gasteiger partial charge on any atom is 0.335 e. The van der Waals surface area contributed by atoms with Gasteiger partial charge in [0.25, 0.3) is 0 Å². The molecule has 0 aliphatic carbocycles. The Hall–Kier alpha value is -3.35. The Morgan fingerprint density at radius 3 is 1.81 bits per heavy atom. The Labute approximate surface area is 259 Å². The highest BCUT2D eigenvalue weighted by Gasteiger charge is 2.18. The third-order valence-electron chi connectivity index (χ3n) is 7.76. The summed E-state index contributed by atoms with van der Waals surface area (Å²) in [5.74, 6) is -1.46. The summed E-state index contributed by atoms with van der Waals surface area (Å²) >= 11 is 0. The lowest BCUT2D eigenvalue weighted by Gasteiger charge is -2.18. The van der Waals surface area contributed by atoms with Crippen LogP contribution in [0.15, 0.2) is 42.5 Å². The number of aromatic carboxylic acids is 1. The Kier molecular flexibility index (Phi) is 17.8. The van der Waals surface area contributed by atoms with Gasteiger partial charge < -0.3 is 20.1 Å². The zero-order valence-corrected chi connectivity index (χ0v) is 26.8. The van der Waals surface area contributed by atoms with E-state index in [0.717, 1.165) is 12.8 Å². The Morgan fingerprint density at radius 1 is 0.744 bits per heavy atom. The van der Waals surface area contributed by atoms with E-state index in [-0.39, 0.29) is 17.8 Å². The quantitative estimate of drug-likeness (QED) is 0.0714. The molecular formula is C36H54N2O5. The van der Waals surface area contributed by atoms with E-state index in [1.165, 1.54) is 102 Å². The maximum atomic E-state index is 13.0. The second kappa shape index (κ2) is 21.4. The van der Waals surface area contributed by atoms with E-state index in [2.05, 4.69) is 12.2 Å². The van der Waals surface area contributed by atoms with E-state index >= 15 is 0 Å². The average Bonchev–Trinajstić information content (AvgIpc) is 2.98. The van der Waals surface area contributed by atoms with Crippen LogP contribution in [0.3, 0.4) is 0 Å². The zero-order chi connectivity index (χ0) is 31.3. The summed E-state index contributed by atoms with van der Waals surface area (Å²) in [4.78, 5) is 38.9. The molecule has 0 fully saturated rings. The fourth-order valence-corrected chi connectivity index (χ4v) is 5.25. The molecule has 0 aliphatic heterocycles. The molecule has 0 aromatic heterocycles. The summed E-state index contributed by atoms with van der Waals surface area (Å²) in [5.41, 5.74) is 1.42. The third kappa shape index (κ3) is 14.6. The number of carboxylic acids is 1. The van der Waals surface area contributed by atoms with Gasteiger partial charge in [-0.15, -0.1) is 0 Å². The lowest BCUT2D eigenvalue weighted by molar-refractivity contribution is -0.115. The molecule has 0 heterocycles. The topological polar surface area (TPSA) is 95.9 Å². The Morgan fingerprint density at radius 2 is 1.28 bits per heavy atom. The smallest absolute Gasteiger partial charge is 0.335 e.